The molecule has 2 rings (SSSR count). The van der Waals surface area contributed by atoms with E-state index >= 15 is 0 Å². The van der Waals surface area contributed by atoms with Crippen molar-refractivity contribution in [2.75, 3.05) is 0 Å². The summed E-state index contributed by atoms with van der Waals surface area (Å²) >= 11 is 10.0. The van der Waals surface area contributed by atoms with E-state index in [0.29, 0.717) is 6.07 Å². The predicted octanol–water partition coefficient (Wildman–Crippen LogP) is 2.03. The van der Waals surface area contributed by atoms with E-state index in [9.17, 15) is 31.9 Å². The minimum absolute atomic E-state index is 0.143. The first-order chi connectivity index (χ1) is 10.9. The smallest absolute Gasteiger partial charge is 0.431 e. The Kier molecular flexibility index (Phi) is 4.55. The number of benzene rings is 1. The summed E-state index contributed by atoms with van der Waals surface area (Å²) < 4.78 is 52.7. The molecular weight excluding hydrogens is 376 g/mol. The Balaban J connectivity index is 2.88. The minimum atomic E-state index is -4.95. The largest absolute Gasteiger partial charge is 0.737 e. The standard InChI is InChI=1S/C13H7ClF4N2O3S/c1-19-9(13(16,17)18)4-10(21)20(12(19)23)8-2-5(11(22)24)6(14)3-7(8)15/h2-4H,1H3,(H,22,24)/p-1. The van der Waals surface area contributed by atoms with E-state index in [4.69, 9.17) is 11.6 Å². The van der Waals surface area contributed by atoms with Crippen LogP contribution in [0.3, 0.4) is 0 Å². The molecule has 0 N–H and O–H groups in total. The third-order valence-corrected chi connectivity index (χ3v) is 3.64. The maximum Gasteiger partial charge on any atom is 0.431 e. The lowest BCUT2D eigenvalue weighted by Crippen LogP contribution is -2.41. The van der Waals surface area contributed by atoms with Crippen molar-refractivity contribution in [2.45, 2.75) is 6.18 Å². The SMILES string of the molecule is Cn1c(C(F)(F)F)cc(=O)n(-c2cc(C(=O)[S-])c(Cl)cc2F)c1=O. The summed E-state index contributed by atoms with van der Waals surface area (Å²) in [6, 6.07) is 1.52. The molecule has 0 bridgehead atoms. The summed E-state index contributed by atoms with van der Waals surface area (Å²) in [6.45, 7) is 0. The Morgan fingerprint density at radius 2 is 1.79 bits per heavy atom. The monoisotopic (exact) mass is 381 g/mol. The Morgan fingerprint density at radius 1 is 1.21 bits per heavy atom. The van der Waals surface area contributed by atoms with Crippen molar-refractivity contribution in [3.05, 3.63) is 61.1 Å². The number of hydrogen-bond acceptors (Lipinski definition) is 4. The van der Waals surface area contributed by atoms with Crippen LogP contribution in [-0.4, -0.2) is 14.2 Å². The fourth-order valence-electron chi connectivity index (χ4n) is 1.98. The average Bonchev–Trinajstić information content (AvgIpc) is 2.43. The van der Waals surface area contributed by atoms with Gasteiger partial charge in [-0.3, -0.25) is 9.36 Å². The highest BCUT2D eigenvalue weighted by Crippen LogP contribution is 2.27. The molecule has 0 atom stereocenters. The Bertz CT molecular complexity index is 965. The fourth-order valence-corrected chi connectivity index (χ4v) is 2.45. The van der Waals surface area contributed by atoms with Crippen molar-refractivity contribution in [3.63, 3.8) is 0 Å². The summed E-state index contributed by atoms with van der Waals surface area (Å²) in [5.74, 6) is -1.18. The van der Waals surface area contributed by atoms with Gasteiger partial charge in [0.1, 0.15) is 11.5 Å². The molecule has 0 aliphatic carbocycles. The Labute approximate surface area is 141 Å². The number of hydrogen-bond donors (Lipinski definition) is 0. The fraction of sp³-hybridized carbons (Fsp3) is 0.154. The topological polar surface area (TPSA) is 61.1 Å². The molecule has 0 saturated carbocycles. The second-order valence-electron chi connectivity index (χ2n) is 4.61. The zero-order valence-electron chi connectivity index (χ0n) is 11.6. The van der Waals surface area contributed by atoms with Gasteiger partial charge in [-0.25, -0.2) is 13.8 Å². The van der Waals surface area contributed by atoms with Crippen molar-refractivity contribution in [1.29, 1.82) is 0 Å². The number of halogens is 5. The number of nitrogens with zero attached hydrogens (tertiary/aromatic N) is 2. The van der Waals surface area contributed by atoms with Crippen LogP contribution in [0, 0.1) is 5.82 Å². The van der Waals surface area contributed by atoms with Crippen LogP contribution in [0.5, 0.6) is 0 Å². The number of aromatic nitrogens is 2. The number of alkyl halides is 3. The molecular formula is C13H6ClF4N2O3S-. The van der Waals surface area contributed by atoms with Crippen LogP contribution in [0.25, 0.3) is 5.69 Å². The first-order valence-electron chi connectivity index (χ1n) is 6.06. The molecule has 2 aromatic rings. The van der Waals surface area contributed by atoms with Gasteiger partial charge in [-0.1, -0.05) is 11.6 Å². The van der Waals surface area contributed by atoms with Gasteiger partial charge < -0.3 is 17.4 Å². The van der Waals surface area contributed by atoms with Gasteiger partial charge in [0, 0.05) is 23.8 Å². The van der Waals surface area contributed by atoms with Crippen LogP contribution in [0.1, 0.15) is 16.1 Å². The third-order valence-electron chi connectivity index (χ3n) is 3.11. The Morgan fingerprint density at radius 3 is 2.29 bits per heavy atom. The molecule has 0 aliphatic heterocycles. The molecule has 0 amide bonds. The summed E-state index contributed by atoms with van der Waals surface area (Å²) in [7, 11) is 0.772. The number of carbonyl (C=O) groups excluding carboxylic acids is 1. The van der Waals surface area contributed by atoms with Crippen LogP contribution in [0.2, 0.25) is 5.02 Å². The molecule has 5 nitrogen and oxygen atoms in total. The molecule has 0 fully saturated rings. The molecule has 0 aliphatic rings. The molecule has 0 unspecified atom stereocenters. The summed E-state index contributed by atoms with van der Waals surface area (Å²) in [5, 5.41) is -1.34. The lowest BCUT2D eigenvalue weighted by molar-refractivity contribution is -0.144. The zero-order valence-corrected chi connectivity index (χ0v) is 13.2. The molecule has 24 heavy (non-hydrogen) atoms. The van der Waals surface area contributed by atoms with Gasteiger partial charge in [-0.15, -0.1) is 0 Å². The van der Waals surface area contributed by atoms with E-state index in [1.165, 1.54) is 0 Å². The van der Waals surface area contributed by atoms with Crippen LogP contribution >= 0.6 is 11.6 Å². The van der Waals surface area contributed by atoms with Gasteiger partial charge in [0.25, 0.3) is 5.56 Å². The summed E-state index contributed by atoms with van der Waals surface area (Å²) in [6.07, 6.45) is -4.95. The summed E-state index contributed by atoms with van der Waals surface area (Å²) in [4.78, 5) is 35.3. The highest BCUT2D eigenvalue weighted by molar-refractivity contribution is 7.77. The molecule has 0 spiro atoms. The minimum Gasteiger partial charge on any atom is -0.737 e. The van der Waals surface area contributed by atoms with E-state index in [0.717, 1.165) is 13.1 Å². The molecule has 11 heteroatoms. The first kappa shape index (κ1) is 18.1. The van der Waals surface area contributed by atoms with Gasteiger partial charge in [0.15, 0.2) is 0 Å². The zero-order chi connectivity index (χ0) is 18.4. The van der Waals surface area contributed by atoms with Crippen molar-refractivity contribution in [3.8, 4) is 5.69 Å². The van der Waals surface area contributed by atoms with Crippen LogP contribution < -0.4 is 11.2 Å². The maximum absolute atomic E-state index is 14.0. The van der Waals surface area contributed by atoms with Gasteiger partial charge in [0.2, 0.25) is 0 Å². The second kappa shape index (κ2) is 6.02. The summed E-state index contributed by atoms with van der Waals surface area (Å²) in [5.41, 5.74) is -5.46. The average molecular weight is 382 g/mol. The normalized spacial score (nSPS) is 11.6. The van der Waals surface area contributed by atoms with Crippen molar-refractivity contribution >= 4 is 29.3 Å². The van der Waals surface area contributed by atoms with Crippen LogP contribution in [0.4, 0.5) is 17.6 Å². The van der Waals surface area contributed by atoms with E-state index in [-0.39, 0.29) is 25.8 Å². The van der Waals surface area contributed by atoms with Gasteiger partial charge in [0.05, 0.1) is 10.7 Å². The molecule has 1 heterocycles. The van der Waals surface area contributed by atoms with Gasteiger partial charge in [-0.05, 0) is 12.1 Å². The number of carbonyl (C=O) groups is 1. The van der Waals surface area contributed by atoms with Crippen molar-refractivity contribution in [1.82, 2.24) is 9.13 Å². The van der Waals surface area contributed by atoms with E-state index < -0.39 is 39.7 Å². The second-order valence-corrected chi connectivity index (χ2v) is 5.39. The van der Waals surface area contributed by atoms with Crippen LogP contribution in [-0.2, 0) is 25.9 Å². The van der Waals surface area contributed by atoms with Gasteiger partial charge in [-0.2, -0.15) is 13.2 Å². The van der Waals surface area contributed by atoms with Crippen LogP contribution in [0.15, 0.2) is 27.8 Å². The molecule has 1 aromatic carbocycles. The Hall–Kier alpha value is -2.20. The van der Waals surface area contributed by atoms with E-state index in [1.807, 2.05) is 0 Å². The first-order valence-corrected chi connectivity index (χ1v) is 6.84. The lowest BCUT2D eigenvalue weighted by atomic mass is 10.2. The highest BCUT2D eigenvalue weighted by atomic mass is 35.5. The lowest BCUT2D eigenvalue weighted by Gasteiger charge is -2.15. The number of rotatable bonds is 2. The van der Waals surface area contributed by atoms with Crippen molar-refractivity contribution < 1.29 is 22.4 Å². The predicted molar refractivity (Wildman–Crippen MR) is 78.9 cm³/mol. The molecule has 0 saturated heterocycles. The van der Waals surface area contributed by atoms with Gasteiger partial charge >= 0.3 is 11.9 Å². The van der Waals surface area contributed by atoms with Crippen molar-refractivity contribution in [2.24, 2.45) is 7.05 Å². The highest BCUT2D eigenvalue weighted by Gasteiger charge is 2.35. The molecule has 128 valence electrons. The van der Waals surface area contributed by atoms with E-state index in [1.54, 1.807) is 0 Å². The molecule has 1 aromatic heterocycles. The quantitative estimate of drug-likeness (QED) is 0.590. The third kappa shape index (κ3) is 3.06. The maximum atomic E-state index is 14.0. The molecule has 0 radical (unpaired) electrons. The van der Waals surface area contributed by atoms with E-state index in [2.05, 4.69) is 12.6 Å².